The lowest BCUT2D eigenvalue weighted by Gasteiger charge is -2.22. The number of carbonyl (C=O) groups excluding carboxylic acids is 1. The standard InChI is InChI=1S/C13H18FNO2/c1-4-7-13(2,15)12(16)9-5-6-11(17-3)10(14)8-9/h5-6,8H,4,7,15H2,1-3H3. The fourth-order valence-electron chi connectivity index (χ4n) is 1.77. The van der Waals surface area contributed by atoms with Crippen molar-refractivity contribution >= 4 is 5.78 Å². The van der Waals surface area contributed by atoms with E-state index in [9.17, 15) is 9.18 Å². The Hall–Kier alpha value is -1.42. The number of hydrogen-bond donors (Lipinski definition) is 1. The van der Waals surface area contributed by atoms with Gasteiger partial charge < -0.3 is 10.5 Å². The fourth-order valence-corrected chi connectivity index (χ4v) is 1.77. The Kier molecular flexibility index (Phi) is 4.23. The molecule has 17 heavy (non-hydrogen) atoms. The maximum atomic E-state index is 13.5. The van der Waals surface area contributed by atoms with Crippen molar-refractivity contribution in [3.05, 3.63) is 29.6 Å². The van der Waals surface area contributed by atoms with Crippen LogP contribution in [0.2, 0.25) is 0 Å². The molecule has 0 saturated carbocycles. The minimum absolute atomic E-state index is 0.121. The zero-order valence-electron chi connectivity index (χ0n) is 10.4. The number of Topliss-reactive ketones (excluding diaryl/α,β-unsaturated/α-hetero) is 1. The molecule has 1 rings (SSSR count). The van der Waals surface area contributed by atoms with Gasteiger partial charge in [0.1, 0.15) is 0 Å². The first kappa shape index (κ1) is 13.6. The van der Waals surface area contributed by atoms with E-state index in [4.69, 9.17) is 10.5 Å². The first-order chi connectivity index (χ1) is 7.92. The molecule has 0 aliphatic carbocycles. The number of nitrogens with two attached hydrogens (primary N) is 1. The summed E-state index contributed by atoms with van der Waals surface area (Å²) < 4.78 is 18.3. The Bertz CT molecular complexity index is 416. The monoisotopic (exact) mass is 239 g/mol. The predicted molar refractivity (Wildman–Crippen MR) is 64.8 cm³/mol. The molecule has 0 aliphatic heterocycles. The molecule has 1 unspecified atom stereocenters. The van der Waals surface area contributed by atoms with Crippen LogP contribution in [0.15, 0.2) is 18.2 Å². The smallest absolute Gasteiger partial charge is 0.182 e. The highest BCUT2D eigenvalue weighted by atomic mass is 19.1. The summed E-state index contributed by atoms with van der Waals surface area (Å²) in [6.07, 6.45) is 1.37. The molecule has 0 spiro atoms. The minimum atomic E-state index is -0.949. The number of methoxy groups -OCH3 is 1. The molecule has 0 aliphatic rings. The molecule has 0 heterocycles. The molecule has 1 aromatic carbocycles. The van der Waals surface area contributed by atoms with Crippen LogP contribution in [0.1, 0.15) is 37.0 Å². The normalized spacial score (nSPS) is 14.2. The van der Waals surface area contributed by atoms with Crippen molar-refractivity contribution in [2.24, 2.45) is 5.73 Å². The summed E-state index contributed by atoms with van der Waals surface area (Å²) in [4.78, 5) is 12.1. The van der Waals surface area contributed by atoms with E-state index in [0.717, 1.165) is 6.42 Å². The SMILES string of the molecule is CCCC(C)(N)C(=O)c1ccc(OC)c(F)c1. The first-order valence-corrected chi connectivity index (χ1v) is 5.59. The van der Waals surface area contributed by atoms with Crippen molar-refractivity contribution < 1.29 is 13.9 Å². The van der Waals surface area contributed by atoms with Crippen LogP contribution in [0.4, 0.5) is 4.39 Å². The van der Waals surface area contributed by atoms with E-state index in [1.54, 1.807) is 6.92 Å². The number of halogens is 1. The van der Waals surface area contributed by atoms with E-state index < -0.39 is 11.4 Å². The molecule has 3 nitrogen and oxygen atoms in total. The van der Waals surface area contributed by atoms with E-state index >= 15 is 0 Å². The summed E-state index contributed by atoms with van der Waals surface area (Å²) in [7, 11) is 1.38. The lowest BCUT2D eigenvalue weighted by Crippen LogP contribution is -2.44. The van der Waals surface area contributed by atoms with E-state index in [-0.39, 0.29) is 17.1 Å². The van der Waals surface area contributed by atoms with Gasteiger partial charge in [-0.3, -0.25) is 4.79 Å². The van der Waals surface area contributed by atoms with E-state index in [1.807, 2.05) is 6.92 Å². The second kappa shape index (κ2) is 5.27. The van der Waals surface area contributed by atoms with E-state index in [0.29, 0.717) is 6.42 Å². The van der Waals surface area contributed by atoms with Gasteiger partial charge in [0, 0.05) is 5.56 Å². The van der Waals surface area contributed by atoms with E-state index in [2.05, 4.69) is 0 Å². The van der Waals surface area contributed by atoms with Crippen LogP contribution in [0.5, 0.6) is 5.75 Å². The highest BCUT2D eigenvalue weighted by molar-refractivity contribution is 6.02. The Labute approximate surface area is 101 Å². The molecule has 0 aromatic heterocycles. The van der Waals surface area contributed by atoms with Crippen molar-refractivity contribution in [1.29, 1.82) is 0 Å². The van der Waals surface area contributed by atoms with Crippen molar-refractivity contribution in [2.45, 2.75) is 32.2 Å². The Morgan fingerprint density at radius 2 is 2.18 bits per heavy atom. The summed E-state index contributed by atoms with van der Waals surface area (Å²) in [6, 6.07) is 4.14. The maximum absolute atomic E-state index is 13.5. The van der Waals surface area contributed by atoms with Gasteiger partial charge in [-0.25, -0.2) is 4.39 Å². The van der Waals surface area contributed by atoms with Gasteiger partial charge in [-0.15, -0.1) is 0 Å². The largest absolute Gasteiger partial charge is 0.494 e. The van der Waals surface area contributed by atoms with Crippen molar-refractivity contribution in [3.63, 3.8) is 0 Å². The number of rotatable bonds is 5. The van der Waals surface area contributed by atoms with Crippen LogP contribution >= 0.6 is 0 Å². The molecule has 0 radical (unpaired) electrons. The fraction of sp³-hybridized carbons (Fsp3) is 0.462. The van der Waals surface area contributed by atoms with Gasteiger partial charge in [-0.2, -0.15) is 0 Å². The topological polar surface area (TPSA) is 52.3 Å². The number of carbonyl (C=O) groups is 1. The van der Waals surface area contributed by atoms with Crippen molar-refractivity contribution in [1.82, 2.24) is 0 Å². The second-order valence-electron chi connectivity index (χ2n) is 4.35. The molecule has 1 atom stereocenters. The van der Waals surface area contributed by atoms with E-state index in [1.165, 1.54) is 25.3 Å². The zero-order chi connectivity index (χ0) is 13.1. The Morgan fingerprint density at radius 3 is 2.65 bits per heavy atom. The molecular weight excluding hydrogens is 221 g/mol. The molecule has 0 fully saturated rings. The second-order valence-corrected chi connectivity index (χ2v) is 4.35. The number of ether oxygens (including phenoxy) is 1. The summed E-state index contributed by atoms with van der Waals surface area (Å²) in [5.74, 6) is -0.678. The van der Waals surface area contributed by atoms with Crippen LogP contribution < -0.4 is 10.5 Å². The third-order valence-electron chi connectivity index (χ3n) is 2.70. The molecule has 0 amide bonds. The number of ketones is 1. The third-order valence-corrected chi connectivity index (χ3v) is 2.70. The van der Waals surface area contributed by atoms with Crippen LogP contribution in [-0.4, -0.2) is 18.4 Å². The summed E-state index contributed by atoms with van der Waals surface area (Å²) in [5, 5.41) is 0. The zero-order valence-corrected chi connectivity index (χ0v) is 10.4. The Balaban J connectivity index is 3.01. The molecule has 0 saturated heterocycles. The highest BCUT2D eigenvalue weighted by Gasteiger charge is 2.28. The number of benzene rings is 1. The van der Waals surface area contributed by atoms with Crippen molar-refractivity contribution in [3.8, 4) is 5.75 Å². The van der Waals surface area contributed by atoms with Gasteiger partial charge in [-0.05, 0) is 31.5 Å². The van der Waals surface area contributed by atoms with Crippen molar-refractivity contribution in [2.75, 3.05) is 7.11 Å². The van der Waals surface area contributed by atoms with Crippen LogP contribution in [0.25, 0.3) is 0 Å². The molecular formula is C13H18FNO2. The molecule has 0 bridgehead atoms. The third kappa shape index (κ3) is 3.03. The average molecular weight is 239 g/mol. The average Bonchev–Trinajstić information content (AvgIpc) is 2.27. The van der Waals surface area contributed by atoms with Gasteiger partial charge >= 0.3 is 0 Å². The van der Waals surface area contributed by atoms with Gasteiger partial charge in [0.15, 0.2) is 17.3 Å². The number of hydrogen-bond acceptors (Lipinski definition) is 3. The predicted octanol–water partition coefficient (Wildman–Crippen LogP) is 2.53. The summed E-state index contributed by atoms with van der Waals surface area (Å²) in [6.45, 7) is 3.62. The van der Waals surface area contributed by atoms with Gasteiger partial charge in [0.05, 0.1) is 12.6 Å². The lowest BCUT2D eigenvalue weighted by molar-refractivity contribution is 0.0892. The summed E-state index contributed by atoms with van der Waals surface area (Å²) in [5.41, 5.74) is 5.25. The van der Waals surface area contributed by atoms with Gasteiger partial charge in [0.25, 0.3) is 0 Å². The molecule has 2 N–H and O–H groups in total. The minimum Gasteiger partial charge on any atom is -0.494 e. The molecule has 94 valence electrons. The molecule has 4 heteroatoms. The molecule has 1 aromatic rings. The Morgan fingerprint density at radius 1 is 1.53 bits per heavy atom. The lowest BCUT2D eigenvalue weighted by atomic mass is 9.88. The summed E-state index contributed by atoms with van der Waals surface area (Å²) >= 11 is 0. The quantitative estimate of drug-likeness (QED) is 0.803. The first-order valence-electron chi connectivity index (χ1n) is 5.59. The maximum Gasteiger partial charge on any atom is 0.182 e. The highest BCUT2D eigenvalue weighted by Crippen LogP contribution is 2.22. The van der Waals surface area contributed by atoms with Crippen LogP contribution in [0, 0.1) is 5.82 Å². The van der Waals surface area contributed by atoms with Gasteiger partial charge in [-0.1, -0.05) is 13.3 Å². The van der Waals surface area contributed by atoms with Crippen LogP contribution in [-0.2, 0) is 0 Å². The van der Waals surface area contributed by atoms with Gasteiger partial charge in [0.2, 0.25) is 0 Å². The van der Waals surface area contributed by atoms with Crippen LogP contribution in [0.3, 0.4) is 0 Å².